The standard InChI is InChI=1S/C17H21ClO3/c1-5-21-12-8-6-11(14(18)10-12)7-9-13-15(16(19)20-4)17(13,2)3/h6-10,13,15H,5H2,1-4H3/b9-7+. The Morgan fingerprint density at radius 2 is 2.14 bits per heavy atom. The normalized spacial score (nSPS) is 23.1. The van der Waals surface area contributed by atoms with Gasteiger partial charge in [-0.05, 0) is 42.0 Å². The number of carbonyl (C=O) groups excluding carboxylic acids is 1. The first-order chi connectivity index (χ1) is 9.91. The van der Waals surface area contributed by atoms with Crippen LogP contribution < -0.4 is 4.74 Å². The number of carbonyl (C=O) groups is 1. The molecule has 4 heteroatoms. The minimum Gasteiger partial charge on any atom is -0.494 e. The van der Waals surface area contributed by atoms with Crippen molar-refractivity contribution in [2.45, 2.75) is 20.8 Å². The van der Waals surface area contributed by atoms with E-state index < -0.39 is 0 Å². The third-order valence-corrected chi connectivity index (χ3v) is 4.46. The van der Waals surface area contributed by atoms with E-state index >= 15 is 0 Å². The Bertz CT molecular complexity index is 563. The summed E-state index contributed by atoms with van der Waals surface area (Å²) in [5.74, 6) is 0.735. The molecule has 0 aliphatic heterocycles. The zero-order valence-corrected chi connectivity index (χ0v) is 13.6. The highest BCUT2D eigenvalue weighted by Crippen LogP contribution is 2.59. The topological polar surface area (TPSA) is 35.5 Å². The van der Waals surface area contributed by atoms with Crippen LogP contribution in [0.25, 0.3) is 6.08 Å². The van der Waals surface area contributed by atoms with Crippen LogP contribution in [0, 0.1) is 17.3 Å². The third kappa shape index (κ3) is 3.24. The molecule has 114 valence electrons. The van der Waals surface area contributed by atoms with Gasteiger partial charge in [-0.1, -0.05) is 37.6 Å². The summed E-state index contributed by atoms with van der Waals surface area (Å²) >= 11 is 6.24. The molecule has 3 nitrogen and oxygen atoms in total. The van der Waals surface area contributed by atoms with E-state index in [0.29, 0.717) is 11.6 Å². The summed E-state index contributed by atoms with van der Waals surface area (Å²) < 4.78 is 10.2. The van der Waals surface area contributed by atoms with Crippen LogP contribution >= 0.6 is 11.6 Å². The maximum absolute atomic E-state index is 11.7. The summed E-state index contributed by atoms with van der Waals surface area (Å²) in [5, 5.41) is 0.644. The third-order valence-electron chi connectivity index (χ3n) is 4.13. The first-order valence-electron chi connectivity index (χ1n) is 7.10. The molecule has 1 aromatic rings. The lowest BCUT2D eigenvalue weighted by Crippen LogP contribution is -2.07. The summed E-state index contributed by atoms with van der Waals surface area (Å²) in [4.78, 5) is 11.7. The highest BCUT2D eigenvalue weighted by Gasteiger charge is 2.61. The van der Waals surface area contributed by atoms with E-state index in [0.717, 1.165) is 11.3 Å². The van der Waals surface area contributed by atoms with Crippen LogP contribution in [0.3, 0.4) is 0 Å². The Labute approximate surface area is 130 Å². The Kier molecular flexibility index (Phi) is 4.62. The second kappa shape index (κ2) is 6.10. The summed E-state index contributed by atoms with van der Waals surface area (Å²) in [6.45, 7) is 6.69. The number of allylic oxidation sites excluding steroid dienone is 1. The van der Waals surface area contributed by atoms with Gasteiger partial charge in [0.2, 0.25) is 0 Å². The van der Waals surface area contributed by atoms with Crippen LogP contribution in [0.1, 0.15) is 26.3 Å². The molecule has 2 unspecified atom stereocenters. The molecule has 1 aromatic carbocycles. The number of hydrogen-bond donors (Lipinski definition) is 0. The molecular formula is C17H21ClO3. The molecule has 0 radical (unpaired) electrons. The fourth-order valence-electron chi connectivity index (χ4n) is 2.72. The number of ether oxygens (including phenoxy) is 2. The summed E-state index contributed by atoms with van der Waals surface area (Å²) in [6, 6.07) is 5.62. The fourth-order valence-corrected chi connectivity index (χ4v) is 2.95. The summed E-state index contributed by atoms with van der Waals surface area (Å²) in [5.41, 5.74) is 0.868. The molecule has 0 aromatic heterocycles. The van der Waals surface area contributed by atoms with Gasteiger partial charge in [-0.25, -0.2) is 0 Å². The minimum absolute atomic E-state index is 0.0542. The number of halogens is 1. The maximum Gasteiger partial charge on any atom is 0.309 e. The van der Waals surface area contributed by atoms with Gasteiger partial charge in [0.15, 0.2) is 0 Å². The van der Waals surface area contributed by atoms with Crippen LogP contribution in [0.2, 0.25) is 5.02 Å². The average Bonchev–Trinajstić information content (AvgIpc) is 2.99. The van der Waals surface area contributed by atoms with Crippen molar-refractivity contribution in [3.8, 4) is 5.75 Å². The number of methoxy groups -OCH3 is 1. The van der Waals surface area contributed by atoms with Gasteiger partial charge < -0.3 is 9.47 Å². The zero-order valence-electron chi connectivity index (χ0n) is 12.9. The van der Waals surface area contributed by atoms with Crippen LogP contribution in [-0.2, 0) is 9.53 Å². The summed E-state index contributed by atoms with van der Waals surface area (Å²) in [6.07, 6.45) is 4.01. The van der Waals surface area contributed by atoms with Crippen molar-refractivity contribution in [3.63, 3.8) is 0 Å². The van der Waals surface area contributed by atoms with E-state index in [4.69, 9.17) is 21.1 Å². The van der Waals surface area contributed by atoms with Crippen molar-refractivity contribution in [3.05, 3.63) is 34.9 Å². The minimum atomic E-state index is -0.146. The van der Waals surface area contributed by atoms with Crippen LogP contribution in [0.5, 0.6) is 5.75 Å². The lowest BCUT2D eigenvalue weighted by molar-refractivity contribution is -0.143. The zero-order chi connectivity index (χ0) is 15.6. The van der Waals surface area contributed by atoms with Crippen LogP contribution in [0.15, 0.2) is 24.3 Å². The van der Waals surface area contributed by atoms with Crippen molar-refractivity contribution in [2.75, 3.05) is 13.7 Å². The monoisotopic (exact) mass is 308 g/mol. The molecule has 0 bridgehead atoms. The predicted octanol–water partition coefficient (Wildman–Crippen LogP) is 4.20. The van der Waals surface area contributed by atoms with Gasteiger partial charge >= 0.3 is 5.97 Å². The van der Waals surface area contributed by atoms with Crippen LogP contribution in [-0.4, -0.2) is 19.7 Å². The van der Waals surface area contributed by atoms with Crippen molar-refractivity contribution in [2.24, 2.45) is 17.3 Å². The molecule has 1 aliphatic carbocycles. The molecule has 0 saturated heterocycles. The van der Waals surface area contributed by atoms with E-state index in [1.165, 1.54) is 7.11 Å². The molecule has 1 aliphatic rings. The van der Waals surface area contributed by atoms with Gasteiger partial charge in [0.25, 0.3) is 0 Å². The van der Waals surface area contributed by atoms with Gasteiger partial charge in [-0.3, -0.25) is 4.79 Å². The van der Waals surface area contributed by atoms with Crippen molar-refractivity contribution in [1.29, 1.82) is 0 Å². The summed E-state index contributed by atoms with van der Waals surface area (Å²) in [7, 11) is 1.43. The second-order valence-electron chi connectivity index (χ2n) is 5.82. The predicted molar refractivity (Wildman–Crippen MR) is 84.4 cm³/mol. The van der Waals surface area contributed by atoms with Gasteiger partial charge in [0, 0.05) is 0 Å². The SMILES string of the molecule is CCOc1ccc(/C=C/C2C(C(=O)OC)C2(C)C)c(Cl)c1. The fraction of sp³-hybridized carbons (Fsp3) is 0.471. The highest BCUT2D eigenvalue weighted by molar-refractivity contribution is 6.32. The van der Waals surface area contributed by atoms with Crippen molar-refractivity contribution < 1.29 is 14.3 Å². The highest BCUT2D eigenvalue weighted by atomic mass is 35.5. The maximum atomic E-state index is 11.7. The quantitative estimate of drug-likeness (QED) is 0.765. The first-order valence-corrected chi connectivity index (χ1v) is 7.48. The van der Waals surface area contributed by atoms with Gasteiger partial charge in [0.05, 0.1) is 24.7 Å². The van der Waals surface area contributed by atoms with Gasteiger partial charge in [-0.15, -0.1) is 0 Å². The lowest BCUT2D eigenvalue weighted by atomic mass is 10.1. The lowest BCUT2D eigenvalue weighted by Gasteiger charge is -2.05. The Morgan fingerprint density at radius 1 is 1.43 bits per heavy atom. The molecule has 0 heterocycles. The van der Waals surface area contributed by atoms with E-state index in [1.807, 2.05) is 31.2 Å². The number of benzene rings is 1. The molecule has 2 rings (SSSR count). The van der Waals surface area contributed by atoms with E-state index in [9.17, 15) is 4.79 Å². The largest absolute Gasteiger partial charge is 0.494 e. The second-order valence-corrected chi connectivity index (χ2v) is 6.23. The van der Waals surface area contributed by atoms with E-state index in [1.54, 1.807) is 6.07 Å². The molecule has 0 N–H and O–H groups in total. The molecule has 0 amide bonds. The van der Waals surface area contributed by atoms with Crippen LogP contribution in [0.4, 0.5) is 0 Å². The first kappa shape index (κ1) is 15.9. The van der Waals surface area contributed by atoms with Gasteiger partial charge in [0.1, 0.15) is 5.75 Å². The molecule has 1 saturated carbocycles. The molecular weight excluding hydrogens is 288 g/mol. The molecule has 2 atom stereocenters. The Balaban J connectivity index is 2.10. The number of hydrogen-bond acceptors (Lipinski definition) is 3. The number of rotatable bonds is 5. The van der Waals surface area contributed by atoms with E-state index in [-0.39, 0.29) is 23.2 Å². The Hall–Kier alpha value is -1.48. The Morgan fingerprint density at radius 3 is 2.71 bits per heavy atom. The smallest absolute Gasteiger partial charge is 0.309 e. The number of esters is 1. The van der Waals surface area contributed by atoms with Crippen molar-refractivity contribution in [1.82, 2.24) is 0 Å². The average molecular weight is 309 g/mol. The van der Waals surface area contributed by atoms with Gasteiger partial charge in [-0.2, -0.15) is 0 Å². The van der Waals surface area contributed by atoms with E-state index in [2.05, 4.69) is 13.8 Å². The van der Waals surface area contributed by atoms with Crippen molar-refractivity contribution >= 4 is 23.6 Å². The molecule has 21 heavy (non-hydrogen) atoms. The molecule has 0 spiro atoms. The molecule has 1 fully saturated rings.